The smallest absolute Gasteiger partial charge is 0.321 e. The molecule has 0 bridgehead atoms. The minimum Gasteiger partial charge on any atom is -0.333 e. The number of hydrogen-bond acceptors (Lipinski definition) is 6. The van der Waals surface area contributed by atoms with Crippen LogP contribution in [0.4, 0.5) is 4.79 Å². The first-order valence-electron chi connectivity index (χ1n) is 10.2. The Morgan fingerprint density at radius 3 is 1.91 bits per heavy atom. The predicted molar refractivity (Wildman–Crippen MR) is 127 cm³/mol. The second-order valence-electron chi connectivity index (χ2n) is 8.56. The van der Waals surface area contributed by atoms with Gasteiger partial charge in [-0.1, -0.05) is 71.4 Å². The summed E-state index contributed by atoms with van der Waals surface area (Å²) in [7, 11) is 0. The molecular weight excluding hydrogens is 422 g/mol. The fraction of sp³-hybridized carbons (Fsp3) is 0.292. The molecule has 0 saturated carbocycles. The summed E-state index contributed by atoms with van der Waals surface area (Å²) in [5.74, 6) is -0.434. The van der Waals surface area contributed by atoms with E-state index in [1.54, 1.807) is 0 Å². The molecule has 0 unspecified atom stereocenters. The van der Waals surface area contributed by atoms with Crippen LogP contribution in [0, 0.1) is 13.8 Å². The molecule has 2 N–H and O–H groups in total. The van der Waals surface area contributed by atoms with E-state index in [4.69, 9.17) is 4.98 Å². The Morgan fingerprint density at radius 2 is 1.38 bits per heavy atom. The van der Waals surface area contributed by atoms with Crippen molar-refractivity contribution < 1.29 is 9.59 Å². The van der Waals surface area contributed by atoms with Gasteiger partial charge in [0.25, 0.3) is 0 Å². The molecule has 1 aromatic heterocycles. The molecule has 0 aliphatic carbocycles. The number of benzene rings is 2. The maximum Gasteiger partial charge on any atom is 0.321 e. The summed E-state index contributed by atoms with van der Waals surface area (Å²) in [5.41, 5.74) is 5.06. The number of amides is 3. The van der Waals surface area contributed by atoms with Gasteiger partial charge in [0.15, 0.2) is 0 Å². The molecule has 32 heavy (non-hydrogen) atoms. The van der Waals surface area contributed by atoms with Gasteiger partial charge in [-0.2, -0.15) is 0 Å². The summed E-state index contributed by atoms with van der Waals surface area (Å²) in [6, 6.07) is 15.5. The molecule has 0 aliphatic heterocycles. The lowest BCUT2D eigenvalue weighted by atomic mass is 10.0. The van der Waals surface area contributed by atoms with Gasteiger partial charge in [-0.15, -0.1) is 10.2 Å². The fourth-order valence-corrected chi connectivity index (χ4v) is 3.44. The van der Waals surface area contributed by atoms with Crippen LogP contribution in [0.25, 0.3) is 22.5 Å². The van der Waals surface area contributed by atoms with E-state index in [0.29, 0.717) is 16.5 Å². The Kier molecular flexibility index (Phi) is 7.25. The number of hydrogen-bond donors (Lipinski definition) is 2. The molecule has 3 amide bonds. The van der Waals surface area contributed by atoms with Gasteiger partial charge < -0.3 is 5.32 Å². The third-order valence-corrected chi connectivity index (χ3v) is 5.23. The summed E-state index contributed by atoms with van der Waals surface area (Å²) in [6.07, 6.45) is 0. The standard InChI is InChI=1S/C24H27N5O2S/c1-15-6-10-17(11-7-15)20-21(18-12-8-16(2)9-13-18)28-29-23(26-20)32-14-19(30)25-22(31)27-24(3,4)5/h6-13H,14H2,1-5H3,(H2,25,27,30,31). The second-order valence-corrected chi connectivity index (χ2v) is 9.51. The zero-order chi connectivity index (χ0) is 23.3. The third-order valence-electron chi connectivity index (χ3n) is 4.39. The number of carbonyl (C=O) groups is 2. The fourth-order valence-electron chi connectivity index (χ4n) is 2.86. The first-order valence-corrected chi connectivity index (χ1v) is 11.2. The highest BCUT2D eigenvalue weighted by Crippen LogP contribution is 2.30. The highest BCUT2D eigenvalue weighted by Gasteiger charge is 2.17. The van der Waals surface area contributed by atoms with Crippen LogP contribution >= 0.6 is 11.8 Å². The van der Waals surface area contributed by atoms with Crippen molar-refractivity contribution in [3.8, 4) is 22.5 Å². The number of aromatic nitrogens is 3. The Bertz CT molecular complexity index is 1110. The first kappa shape index (κ1) is 23.4. The molecule has 8 heteroatoms. The van der Waals surface area contributed by atoms with Crippen LogP contribution in [-0.4, -0.2) is 38.4 Å². The molecule has 2 aromatic carbocycles. The van der Waals surface area contributed by atoms with E-state index >= 15 is 0 Å². The Morgan fingerprint density at radius 1 is 0.844 bits per heavy atom. The van der Waals surface area contributed by atoms with Gasteiger partial charge in [-0.05, 0) is 34.6 Å². The monoisotopic (exact) mass is 449 g/mol. The van der Waals surface area contributed by atoms with Crippen LogP contribution in [0.3, 0.4) is 0 Å². The number of urea groups is 1. The maximum atomic E-state index is 12.2. The molecule has 0 fully saturated rings. The van der Waals surface area contributed by atoms with Gasteiger partial charge in [0.2, 0.25) is 11.1 Å². The molecular formula is C24H27N5O2S. The van der Waals surface area contributed by atoms with E-state index in [1.807, 2.05) is 83.1 Å². The average molecular weight is 450 g/mol. The van der Waals surface area contributed by atoms with Crippen molar-refractivity contribution in [1.82, 2.24) is 25.8 Å². The first-order chi connectivity index (χ1) is 15.1. The number of nitrogens with zero attached hydrogens (tertiary/aromatic N) is 3. The Hall–Kier alpha value is -3.26. The topological polar surface area (TPSA) is 96.9 Å². The van der Waals surface area contributed by atoms with Crippen LogP contribution in [0.15, 0.2) is 53.7 Å². The lowest BCUT2D eigenvalue weighted by molar-refractivity contribution is -0.117. The Balaban J connectivity index is 1.81. The van der Waals surface area contributed by atoms with Crippen molar-refractivity contribution in [1.29, 1.82) is 0 Å². The van der Waals surface area contributed by atoms with Crippen LogP contribution in [0.5, 0.6) is 0 Å². The largest absolute Gasteiger partial charge is 0.333 e. The van der Waals surface area contributed by atoms with Gasteiger partial charge >= 0.3 is 6.03 Å². The van der Waals surface area contributed by atoms with Crippen LogP contribution in [0.1, 0.15) is 31.9 Å². The second kappa shape index (κ2) is 9.91. The lowest BCUT2D eigenvalue weighted by Crippen LogP contribution is -2.48. The van der Waals surface area contributed by atoms with Crippen LogP contribution in [-0.2, 0) is 4.79 Å². The van der Waals surface area contributed by atoms with Crippen molar-refractivity contribution in [2.24, 2.45) is 0 Å². The van der Waals surface area contributed by atoms with Crippen LogP contribution < -0.4 is 10.6 Å². The van der Waals surface area contributed by atoms with Crippen molar-refractivity contribution in [3.63, 3.8) is 0 Å². The Labute approximate surface area is 192 Å². The minimum absolute atomic E-state index is 0.00351. The van der Waals surface area contributed by atoms with Crippen molar-refractivity contribution >= 4 is 23.7 Å². The summed E-state index contributed by atoms with van der Waals surface area (Å²) in [5, 5.41) is 14.0. The number of nitrogens with one attached hydrogen (secondary N) is 2. The van der Waals surface area contributed by atoms with Crippen molar-refractivity contribution in [2.45, 2.75) is 45.3 Å². The predicted octanol–water partition coefficient (Wildman–Crippen LogP) is 4.54. The molecule has 3 rings (SSSR count). The minimum atomic E-state index is -0.530. The molecule has 0 atom stereocenters. The molecule has 3 aromatic rings. The summed E-state index contributed by atoms with van der Waals surface area (Å²) < 4.78 is 0. The number of imide groups is 1. The van der Waals surface area contributed by atoms with Crippen molar-refractivity contribution in [3.05, 3.63) is 59.7 Å². The van der Waals surface area contributed by atoms with Gasteiger partial charge in [-0.25, -0.2) is 9.78 Å². The van der Waals surface area contributed by atoms with Gasteiger partial charge in [0, 0.05) is 16.7 Å². The van der Waals surface area contributed by atoms with Gasteiger partial charge in [-0.3, -0.25) is 10.1 Å². The molecule has 0 spiro atoms. The van der Waals surface area contributed by atoms with Crippen molar-refractivity contribution in [2.75, 3.05) is 5.75 Å². The normalized spacial score (nSPS) is 11.2. The lowest BCUT2D eigenvalue weighted by Gasteiger charge is -2.20. The number of carbonyl (C=O) groups excluding carboxylic acids is 2. The molecule has 166 valence electrons. The number of thioether (sulfide) groups is 1. The zero-order valence-electron chi connectivity index (χ0n) is 18.9. The quantitative estimate of drug-likeness (QED) is 0.555. The maximum absolute atomic E-state index is 12.2. The van der Waals surface area contributed by atoms with Gasteiger partial charge in [0.1, 0.15) is 11.4 Å². The number of rotatable bonds is 5. The molecule has 1 heterocycles. The highest BCUT2D eigenvalue weighted by atomic mass is 32.2. The van der Waals surface area contributed by atoms with Gasteiger partial charge in [0.05, 0.1) is 5.75 Å². The summed E-state index contributed by atoms with van der Waals surface area (Å²) in [6.45, 7) is 9.58. The average Bonchev–Trinajstić information content (AvgIpc) is 2.72. The van der Waals surface area contributed by atoms with Crippen LogP contribution in [0.2, 0.25) is 0 Å². The van der Waals surface area contributed by atoms with E-state index in [9.17, 15) is 9.59 Å². The SMILES string of the molecule is Cc1ccc(-c2nnc(SCC(=O)NC(=O)NC(C)(C)C)nc2-c2ccc(C)cc2)cc1. The van der Waals surface area contributed by atoms with E-state index in [2.05, 4.69) is 20.8 Å². The summed E-state index contributed by atoms with van der Waals surface area (Å²) in [4.78, 5) is 28.7. The molecule has 0 aliphatic rings. The third kappa shape index (κ3) is 6.62. The number of aryl methyl sites for hydroxylation is 2. The highest BCUT2D eigenvalue weighted by molar-refractivity contribution is 7.99. The van der Waals surface area contributed by atoms with E-state index in [1.165, 1.54) is 0 Å². The van der Waals surface area contributed by atoms with E-state index in [0.717, 1.165) is 34.0 Å². The zero-order valence-corrected chi connectivity index (χ0v) is 19.7. The molecule has 0 saturated heterocycles. The molecule has 0 radical (unpaired) electrons. The molecule has 7 nitrogen and oxygen atoms in total. The summed E-state index contributed by atoms with van der Waals surface area (Å²) >= 11 is 1.13. The van der Waals surface area contributed by atoms with E-state index < -0.39 is 17.5 Å². The van der Waals surface area contributed by atoms with E-state index in [-0.39, 0.29) is 5.75 Å².